The molecule has 1 aromatic heterocycles. The van der Waals surface area contributed by atoms with Gasteiger partial charge in [0.2, 0.25) is 0 Å². The van der Waals surface area contributed by atoms with Crippen molar-refractivity contribution in [2.24, 2.45) is 0 Å². The minimum atomic E-state index is -3.47. The molecule has 0 aromatic carbocycles. The van der Waals surface area contributed by atoms with E-state index in [-0.39, 0.29) is 29.9 Å². The maximum Gasteiger partial charge on any atom is 1.00 e. The van der Waals surface area contributed by atoms with Gasteiger partial charge in [0.05, 0.1) is 0 Å². The van der Waals surface area contributed by atoms with Gasteiger partial charge >= 0.3 is 25.6 Å². The third kappa shape index (κ3) is 3.98. The predicted octanol–water partition coefficient (Wildman–Crippen LogP) is -3.49. The first-order chi connectivity index (χ1) is 6.21. The van der Waals surface area contributed by atoms with E-state index in [1.807, 2.05) is 20.8 Å². The van der Waals surface area contributed by atoms with Crippen LogP contribution in [0.1, 0.15) is 26.3 Å². The fraction of sp³-hybridized carbons (Fsp3) is 0.444. The zero-order chi connectivity index (χ0) is 11.0. The molecule has 1 aromatic rings. The number of nitrogens with zero attached hydrogens (tertiary/aromatic N) is 1. The molecule has 1 heterocycles. The van der Waals surface area contributed by atoms with Gasteiger partial charge in [-0.2, -0.15) is 0 Å². The van der Waals surface area contributed by atoms with Gasteiger partial charge in [0, 0.05) is 6.20 Å². The molecule has 0 spiro atoms. The van der Waals surface area contributed by atoms with Gasteiger partial charge in [-0.05, 0) is 16.6 Å². The van der Waals surface area contributed by atoms with Crippen LogP contribution in [0.25, 0.3) is 0 Å². The van der Waals surface area contributed by atoms with Crippen LogP contribution >= 0.6 is 0 Å². The van der Waals surface area contributed by atoms with Crippen molar-refractivity contribution in [2.45, 2.75) is 26.2 Å². The molecule has 0 aliphatic heterocycles. The van der Waals surface area contributed by atoms with Gasteiger partial charge in [0.15, 0.2) is 0 Å². The zero-order valence-corrected chi connectivity index (χ0v) is 9.60. The van der Waals surface area contributed by atoms with Gasteiger partial charge < -0.3 is 15.1 Å². The van der Waals surface area contributed by atoms with Gasteiger partial charge in [-0.15, -0.1) is 0 Å². The molecule has 0 aliphatic rings. The number of hydrogen-bond acceptors (Lipinski definition) is 4. The van der Waals surface area contributed by atoms with Crippen molar-refractivity contribution in [3.63, 3.8) is 0 Å². The second-order valence-corrected chi connectivity index (χ2v) is 4.46. The zero-order valence-electron chi connectivity index (χ0n) is 9.60. The smallest absolute Gasteiger partial charge is 0.555 e. The summed E-state index contributed by atoms with van der Waals surface area (Å²) >= 11 is 0. The minimum absolute atomic E-state index is 0. The molecule has 6 heteroatoms. The van der Waals surface area contributed by atoms with Gasteiger partial charge in [0.25, 0.3) is 0 Å². The van der Waals surface area contributed by atoms with Crippen LogP contribution in [0.5, 0.6) is 0 Å². The van der Waals surface area contributed by atoms with E-state index in [9.17, 15) is 0 Å². The molecule has 3 N–H and O–H groups in total. The molecule has 0 saturated carbocycles. The van der Waals surface area contributed by atoms with Crippen molar-refractivity contribution in [3.05, 3.63) is 23.9 Å². The second-order valence-electron chi connectivity index (χ2n) is 4.46. The predicted molar refractivity (Wildman–Crippen MR) is 55.0 cm³/mol. The third-order valence-corrected chi connectivity index (χ3v) is 2.05. The Morgan fingerprint density at radius 1 is 1.13 bits per heavy atom. The van der Waals surface area contributed by atoms with Gasteiger partial charge in [0.1, 0.15) is 0 Å². The van der Waals surface area contributed by atoms with Crippen LogP contribution in [0.2, 0.25) is 0 Å². The molecule has 0 amide bonds. The van der Waals surface area contributed by atoms with Crippen molar-refractivity contribution in [1.82, 2.24) is 4.98 Å². The monoisotopic (exact) mass is 203 g/mol. The summed E-state index contributed by atoms with van der Waals surface area (Å²) in [6.45, 7) is 2.61. The molecule has 0 fully saturated rings. The van der Waals surface area contributed by atoms with Crippen molar-refractivity contribution >= 4 is 12.3 Å². The average molecular weight is 203 g/mol. The number of rotatable bonds is 1. The Balaban J connectivity index is 0.00000196. The molecule has 0 aliphatic carbocycles. The molecule has 0 atom stereocenters. The average Bonchev–Trinajstić information content (AvgIpc) is 2.01. The van der Waals surface area contributed by atoms with E-state index in [1.165, 1.54) is 12.3 Å². The molecule has 1 rings (SSSR count). The van der Waals surface area contributed by atoms with E-state index in [4.69, 9.17) is 15.1 Å². The normalized spacial score (nSPS) is 12.1. The van der Waals surface area contributed by atoms with Crippen molar-refractivity contribution in [3.8, 4) is 0 Å². The van der Waals surface area contributed by atoms with Crippen molar-refractivity contribution < 1.29 is 33.9 Å². The fourth-order valence-electron chi connectivity index (χ4n) is 1.08. The molecular weight excluding hydrogens is 188 g/mol. The third-order valence-electron chi connectivity index (χ3n) is 2.05. The van der Waals surface area contributed by atoms with Crippen LogP contribution < -0.4 is 24.5 Å². The Labute approximate surface area is 102 Å². The number of pyridine rings is 1. The summed E-state index contributed by atoms with van der Waals surface area (Å²) in [7, 11) is 0. The summed E-state index contributed by atoms with van der Waals surface area (Å²) < 4.78 is 0. The molecular formula is C9H15BLiNO3. The van der Waals surface area contributed by atoms with Gasteiger partial charge in [-0.1, -0.05) is 32.9 Å². The van der Waals surface area contributed by atoms with E-state index < -0.39 is 6.75 Å². The fourth-order valence-corrected chi connectivity index (χ4v) is 1.08. The van der Waals surface area contributed by atoms with Crippen LogP contribution in [0.3, 0.4) is 0 Å². The molecule has 0 saturated heterocycles. The first-order valence-electron chi connectivity index (χ1n) is 4.49. The molecule has 0 bridgehead atoms. The quantitative estimate of drug-likeness (QED) is 0.414. The van der Waals surface area contributed by atoms with Crippen LogP contribution in [0.4, 0.5) is 0 Å². The Bertz CT molecular complexity index is 283. The van der Waals surface area contributed by atoms with E-state index in [2.05, 4.69) is 4.98 Å². The number of aromatic nitrogens is 1. The Kier molecular flexibility index (Phi) is 4.59. The van der Waals surface area contributed by atoms with E-state index >= 15 is 0 Å². The van der Waals surface area contributed by atoms with E-state index in [0.717, 1.165) is 5.56 Å². The van der Waals surface area contributed by atoms with Crippen LogP contribution in [0, 0.1) is 0 Å². The molecule has 78 valence electrons. The van der Waals surface area contributed by atoms with Gasteiger partial charge in [-0.25, -0.2) is 0 Å². The first-order valence-corrected chi connectivity index (χ1v) is 4.49. The summed E-state index contributed by atoms with van der Waals surface area (Å²) in [4.78, 5) is 3.79. The van der Waals surface area contributed by atoms with Crippen LogP contribution in [0.15, 0.2) is 18.3 Å². The topological polar surface area (TPSA) is 73.6 Å². The largest absolute Gasteiger partial charge is 1.00 e. The molecule has 0 unspecified atom stereocenters. The van der Waals surface area contributed by atoms with Gasteiger partial charge in [-0.3, -0.25) is 4.98 Å². The number of hydrogen-bond donors (Lipinski definition) is 3. The molecule has 0 radical (unpaired) electrons. The van der Waals surface area contributed by atoms with Crippen LogP contribution in [-0.2, 0) is 5.41 Å². The summed E-state index contributed by atoms with van der Waals surface area (Å²) in [6.07, 6.45) is 1.54. The standard InChI is InChI=1S/C9H15BNO3.Li/c1-9(2,3)7-4-5-8(11-6-7)10(12,13)14;/h4-6,12-14H,1-3H3;/q-1;+1. The summed E-state index contributed by atoms with van der Waals surface area (Å²) in [5.41, 5.74) is 0.820. The summed E-state index contributed by atoms with van der Waals surface area (Å²) in [5.74, 6) is 0. The van der Waals surface area contributed by atoms with Crippen molar-refractivity contribution in [2.75, 3.05) is 0 Å². The summed E-state index contributed by atoms with van der Waals surface area (Å²) in [6, 6.07) is 3.14. The van der Waals surface area contributed by atoms with E-state index in [0.29, 0.717) is 0 Å². The van der Waals surface area contributed by atoms with Crippen molar-refractivity contribution in [1.29, 1.82) is 0 Å². The van der Waals surface area contributed by atoms with E-state index in [1.54, 1.807) is 6.07 Å². The second kappa shape index (κ2) is 4.69. The molecule has 4 nitrogen and oxygen atoms in total. The maximum absolute atomic E-state index is 8.89. The Morgan fingerprint density at radius 2 is 1.67 bits per heavy atom. The minimum Gasteiger partial charge on any atom is -0.555 e. The van der Waals surface area contributed by atoms with Crippen LogP contribution in [-0.4, -0.2) is 26.8 Å². The Hall–Kier alpha value is -0.308. The Morgan fingerprint density at radius 3 is 1.93 bits per heavy atom. The molecule has 15 heavy (non-hydrogen) atoms. The maximum atomic E-state index is 8.89. The SMILES string of the molecule is CC(C)(C)c1ccc([B-](O)(O)O)nc1.[Li+]. The first kappa shape index (κ1) is 14.7. The summed E-state index contributed by atoms with van der Waals surface area (Å²) in [5, 5.41) is 26.7.